The standard InChI is InChI=1S/C16H11BrCl2N2/c1-2-9-4-3-5-12-14(9)20-16(21-15(12)19)11-7-6-10(17)8-13(11)18/h3-8H,2H2,1H3. The van der Waals surface area contributed by atoms with Gasteiger partial charge < -0.3 is 0 Å². The Hall–Kier alpha value is -1.16. The van der Waals surface area contributed by atoms with E-state index in [0.717, 1.165) is 32.9 Å². The molecule has 0 N–H and O–H groups in total. The number of nitrogens with zero attached hydrogens (tertiary/aromatic N) is 2. The van der Waals surface area contributed by atoms with E-state index < -0.39 is 0 Å². The minimum atomic E-state index is 0.448. The second-order valence-corrected chi connectivity index (χ2v) is 6.31. The molecule has 0 spiro atoms. The van der Waals surface area contributed by atoms with Crippen molar-refractivity contribution in [2.75, 3.05) is 0 Å². The number of rotatable bonds is 2. The smallest absolute Gasteiger partial charge is 0.163 e. The van der Waals surface area contributed by atoms with E-state index in [1.807, 2.05) is 30.3 Å². The predicted molar refractivity (Wildman–Crippen MR) is 92.1 cm³/mol. The molecule has 0 amide bonds. The van der Waals surface area contributed by atoms with Crippen LogP contribution in [0.3, 0.4) is 0 Å². The molecule has 0 saturated heterocycles. The minimum Gasteiger partial charge on any atom is -0.228 e. The molecule has 0 unspecified atom stereocenters. The second kappa shape index (κ2) is 5.91. The number of benzene rings is 2. The van der Waals surface area contributed by atoms with Crippen molar-refractivity contribution in [1.29, 1.82) is 0 Å². The summed E-state index contributed by atoms with van der Waals surface area (Å²) in [5.74, 6) is 0.547. The van der Waals surface area contributed by atoms with E-state index in [1.54, 1.807) is 0 Å². The van der Waals surface area contributed by atoms with Crippen molar-refractivity contribution >= 4 is 50.0 Å². The van der Waals surface area contributed by atoms with Gasteiger partial charge in [-0.05, 0) is 36.2 Å². The van der Waals surface area contributed by atoms with Crippen LogP contribution in [0.4, 0.5) is 0 Å². The van der Waals surface area contributed by atoms with Crippen molar-refractivity contribution in [3.8, 4) is 11.4 Å². The number of aromatic nitrogens is 2. The topological polar surface area (TPSA) is 25.8 Å². The first-order valence-corrected chi connectivity index (χ1v) is 8.05. The molecule has 1 heterocycles. The van der Waals surface area contributed by atoms with E-state index in [9.17, 15) is 0 Å². The van der Waals surface area contributed by atoms with E-state index in [-0.39, 0.29) is 0 Å². The van der Waals surface area contributed by atoms with Crippen molar-refractivity contribution < 1.29 is 0 Å². The normalized spacial score (nSPS) is 11.0. The lowest BCUT2D eigenvalue weighted by Gasteiger charge is -2.09. The first kappa shape index (κ1) is 14.8. The highest BCUT2D eigenvalue weighted by atomic mass is 79.9. The minimum absolute atomic E-state index is 0.448. The van der Waals surface area contributed by atoms with Crippen LogP contribution in [0.1, 0.15) is 12.5 Å². The number of para-hydroxylation sites is 1. The average Bonchev–Trinajstić information content (AvgIpc) is 2.46. The summed E-state index contributed by atoms with van der Waals surface area (Å²) in [4.78, 5) is 9.06. The molecular weight excluding hydrogens is 371 g/mol. The van der Waals surface area contributed by atoms with Gasteiger partial charge in [-0.2, -0.15) is 0 Å². The molecule has 1 aromatic heterocycles. The van der Waals surface area contributed by atoms with Crippen LogP contribution in [0.15, 0.2) is 40.9 Å². The van der Waals surface area contributed by atoms with Crippen LogP contribution in [0.2, 0.25) is 10.2 Å². The molecule has 2 aromatic carbocycles. The summed E-state index contributed by atoms with van der Waals surface area (Å²) in [6.45, 7) is 2.09. The SMILES string of the molecule is CCc1cccc2c(Cl)nc(-c3ccc(Br)cc3Cl)nc12. The van der Waals surface area contributed by atoms with Crippen LogP contribution in [-0.2, 0) is 6.42 Å². The summed E-state index contributed by atoms with van der Waals surface area (Å²) in [6, 6.07) is 11.6. The maximum Gasteiger partial charge on any atom is 0.163 e. The van der Waals surface area contributed by atoms with Crippen molar-refractivity contribution in [3.63, 3.8) is 0 Å². The van der Waals surface area contributed by atoms with Crippen LogP contribution in [-0.4, -0.2) is 9.97 Å². The van der Waals surface area contributed by atoms with E-state index in [2.05, 4.69) is 38.9 Å². The van der Waals surface area contributed by atoms with E-state index in [1.165, 1.54) is 0 Å². The summed E-state index contributed by atoms with van der Waals surface area (Å²) < 4.78 is 0.914. The summed E-state index contributed by atoms with van der Waals surface area (Å²) in [6.07, 6.45) is 0.887. The van der Waals surface area contributed by atoms with Gasteiger partial charge in [-0.3, -0.25) is 0 Å². The van der Waals surface area contributed by atoms with Gasteiger partial charge >= 0.3 is 0 Å². The molecular formula is C16H11BrCl2N2. The molecule has 0 radical (unpaired) electrons. The van der Waals surface area contributed by atoms with Gasteiger partial charge in [0.05, 0.1) is 10.5 Å². The van der Waals surface area contributed by atoms with Gasteiger partial charge in [0.1, 0.15) is 5.15 Å². The second-order valence-electron chi connectivity index (χ2n) is 4.63. The third kappa shape index (κ3) is 2.78. The summed E-state index contributed by atoms with van der Waals surface area (Å²) in [5.41, 5.74) is 2.80. The Bertz CT molecular complexity index is 834. The van der Waals surface area contributed by atoms with Crippen molar-refractivity contribution in [3.05, 3.63) is 56.6 Å². The number of hydrogen-bond acceptors (Lipinski definition) is 2. The fourth-order valence-electron chi connectivity index (χ4n) is 2.25. The number of halogens is 3. The number of fused-ring (bicyclic) bond motifs is 1. The van der Waals surface area contributed by atoms with E-state index in [4.69, 9.17) is 23.2 Å². The number of hydrogen-bond donors (Lipinski definition) is 0. The predicted octanol–water partition coefficient (Wildman–Crippen LogP) is 5.93. The zero-order valence-electron chi connectivity index (χ0n) is 11.2. The van der Waals surface area contributed by atoms with E-state index in [0.29, 0.717) is 16.0 Å². The maximum absolute atomic E-state index is 6.32. The molecule has 0 aliphatic rings. The largest absolute Gasteiger partial charge is 0.228 e. The molecule has 0 atom stereocenters. The monoisotopic (exact) mass is 380 g/mol. The molecule has 21 heavy (non-hydrogen) atoms. The Kier molecular flexibility index (Phi) is 4.16. The molecule has 2 nitrogen and oxygen atoms in total. The molecule has 3 aromatic rings. The zero-order valence-corrected chi connectivity index (χ0v) is 14.3. The van der Waals surface area contributed by atoms with Gasteiger partial charge in [0.15, 0.2) is 5.82 Å². The molecule has 3 rings (SSSR count). The van der Waals surface area contributed by atoms with Crippen LogP contribution in [0, 0.1) is 0 Å². The first-order valence-electron chi connectivity index (χ1n) is 6.50. The highest BCUT2D eigenvalue weighted by Gasteiger charge is 2.12. The Morgan fingerprint density at radius 3 is 2.62 bits per heavy atom. The molecule has 0 bridgehead atoms. The molecule has 5 heteroatoms. The van der Waals surface area contributed by atoms with Crippen LogP contribution >= 0.6 is 39.1 Å². The third-order valence-corrected chi connectivity index (χ3v) is 4.41. The molecule has 0 aliphatic carbocycles. The summed E-state index contributed by atoms with van der Waals surface area (Å²) in [7, 11) is 0. The fourth-order valence-corrected chi connectivity index (χ4v) is 3.24. The summed E-state index contributed by atoms with van der Waals surface area (Å²) >= 11 is 16.0. The average molecular weight is 382 g/mol. The van der Waals surface area contributed by atoms with Gasteiger partial charge in [-0.1, -0.05) is 58.2 Å². The lowest BCUT2D eigenvalue weighted by atomic mass is 10.1. The van der Waals surface area contributed by atoms with Gasteiger partial charge in [-0.25, -0.2) is 9.97 Å². The van der Waals surface area contributed by atoms with Crippen LogP contribution in [0.25, 0.3) is 22.3 Å². The zero-order chi connectivity index (χ0) is 15.0. The Balaban J connectivity index is 2.29. The lowest BCUT2D eigenvalue weighted by molar-refractivity contribution is 1.13. The summed E-state index contributed by atoms with van der Waals surface area (Å²) in [5, 5.41) is 1.91. The van der Waals surface area contributed by atoms with Gasteiger partial charge in [0.25, 0.3) is 0 Å². The van der Waals surface area contributed by atoms with Crippen LogP contribution in [0.5, 0.6) is 0 Å². The van der Waals surface area contributed by atoms with Crippen molar-refractivity contribution in [1.82, 2.24) is 9.97 Å². The van der Waals surface area contributed by atoms with Crippen molar-refractivity contribution in [2.24, 2.45) is 0 Å². The molecule has 0 fully saturated rings. The Labute approximate surface area is 141 Å². The van der Waals surface area contributed by atoms with Crippen LogP contribution < -0.4 is 0 Å². The van der Waals surface area contributed by atoms with Gasteiger partial charge in [-0.15, -0.1) is 0 Å². The highest BCUT2D eigenvalue weighted by Crippen LogP contribution is 2.32. The van der Waals surface area contributed by atoms with Gasteiger partial charge in [0, 0.05) is 15.4 Å². The lowest BCUT2D eigenvalue weighted by Crippen LogP contribution is -1.95. The van der Waals surface area contributed by atoms with Crippen molar-refractivity contribution in [2.45, 2.75) is 13.3 Å². The number of aryl methyl sites for hydroxylation is 1. The Morgan fingerprint density at radius 2 is 1.90 bits per heavy atom. The third-order valence-electron chi connectivity index (χ3n) is 3.32. The molecule has 106 valence electrons. The maximum atomic E-state index is 6.32. The quantitative estimate of drug-likeness (QED) is 0.514. The highest BCUT2D eigenvalue weighted by molar-refractivity contribution is 9.10. The fraction of sp³-hybridized carbons (Fsp3) is 0.125. The van der Waals surface area contributed by atoms with E-state index >= 15 is 0 Å². The molecule has 0 aliphatic heterocycles. The Morgan fingerprint density at radius 1 is 1.10 bits per heavy atom. The first-order chi connectivity index (χ1) is 10.1. The molecule has 0 saturated carbocycles. The van der Waals surface area contributed by atoms with Gasteiger partial charge in [0.2, 0.25) is 0 Å².